The van der Waals surface area contributed by atoms with E-state index in [1.54, 1.807) is 0 Å². The smallest absolute Gasteiger partial charge is 0.127 e. The minimum atomic E-state index is 0.571. The number of fused-ring (bicyclic) bond motifs is 1. The van der Waals surface area contributed by atoms with Gasteiger partial charge in [0.25, 0.3) is 0 Å². The first-order valence-electron chi connectivity index (χ1n) is 12.0. The van der Waals surface area contributed by atoms with Gasteiger partial charge in [0.15, 0.2) is 0 Å². The number of hydrogen-bond donors (Lipinski definition) is 1. The van der Waals surface area contributed by atoms with Crippen molar-refractivity contribution in [2.75, 3.05) is 13.6 Å². The van der Waals surface area contributed by atoms with Gasteiger partial charge in [0.1, 0.15) is 23.9 Å². The molecule has 35 heavy (non-hydrogen) atoms. The molecule has 4 nitrogen and oxygen atoms in total. The molecular formula is C31H30N2O2. The van der Waals surface area contributed by atoms with Crippen LogP contribution in [0.15, 0.2) is 109 Å². The monoisotopic (exact) mass is 462 g/mol. The van der Waals surface area contributed by atoms with E-state index >= 15 is 0 Å². The van der Waals surface area contributed by atoms with Crippen LogP contribution < -0.4 is 9.47 Å². The molecule has 5 aromatic rings. The van der Waals surface area contributed by atoms with Crippen molar-refractivity contribution in [2.45, 2.75) is 19.6 Å². The predicted octanol–water partition coefficient (Wildman–Crippen LogP) is 7.21. The van der Waals surface area contributed by atoms with Crippen LogP contribution in [0.3, 0.4) is 0 Å². The molecule has 0 fully saturated rings. The molecule has 0 amide bonds. The van der Waals surface area contributed by atoms with Crippen molar-refractivity contribution < 1.29 is 9.47 Å². The van der Waals surface area contributed by atoms with Gasteiger partial charge in [-0.2, -0.15) is 0 Å². The van der Waals surface area contributed by atoms with Crippen molar-refractivity contribution in [1.82, 2.24) is 9.88 Å². The fraction of sp³-hybridized carbons (Fsp3) is 0.161. The Morgan fingerprint density at radius 3 is 2.29 bits per heavy atom. The summed E-state index contributed by atoms with van der Waals surface area (Å²) < 4.78 is 12.0. The summed E-state index contributed by atoms with van der Waals surface area (Å²) in [6.07, 6.45) is 3.08. The molecule has 0 spiro atoms. The zero-order chi connectivity index (χ0) is 23.9. The van der Waals surface area contributed by atoms with E-state index in [2.05, 4.69) is 65.6 Å². The summed E-state index contributed by atoms with van der Waals surface area (Å²) in [6, 6.07) is 34.8. The SMILES string of the molecule is CN(CCc1c[nH]c2ccc(OCc3ccccc3)cc12)Cc1cccc(Oc2ccccc2)c1. The summed E-state index contributed by atoms with van der Waals surface area (Å²) in [5, 5.41) is 1.22. The molecule has 1 aromatic heterocycles. The second kappa shape index (κ2) is 10.9. The molecular weight excluding hydrogens is 432 g/mol. The first-order chi connectivity index (χ1) is 17.2. The highest BCUT2D eigenvalue weighted by atomic mass is 16.5. The summed E-state index contributed by atoms with van der Waals surface area (Å²) >= 11 is 0. The minimum Gasteiger partial charge on any atom is -0.489 e. The highest BCUT2D eigenvalue weighted by molar-refractivity contribution is 5.84. The zero-order valence-corrected chi connectivity index (χ0v) is 20.0. The Labute approximate surface area is 206 Å². The first kappa shape index (κ1) is 22.8. The largest absolute Gasteiger partial charge is 0.489 e. The predicted molar refractivity (Wildman–Crippen MR) is 142 cm³/mol. The second-order valence-corrected chi connectivity index (χ2v) is 8.85. The molecule has 0 bridgehead atoms. The Morgan fingerprint density at radius 1 is 0.714 bits per heavy atom. The molecule has 176 valence electrons. The molecule has 0 radical (unpaired) electrons. The van der Waals surface area contributed by atoms with Gasteiger partial charge in [-0.05, 0) is 72.6 Å². The molecule has 1 heterocycles. The Kier molecular flexibility index (Phi) is 7.11. The van der Waals surface area contributed by atoms with Crippen LogP contribution in [0, 0.1) is 0 Å². The van der Waals surface area contributed by atoms with Crippen molar-refractivity contribution in [3.05, 3.63) is 126 Å². The number of H-pyrrole nitrogens is 1. The summed E-state index contributed by atoms with van der Waals surface area (Å²) in [4.78, 5) is 5.75. The average Bonchev–Trinajstić information content (AvgIpc) is 3.30. The van der Waals surface area contributed by atoms with Gasteiger partial charge >= 0.3 is 0 Å². The maximum atomic E-state index is 6.05. The van der Waals surface area contributed by atoms with Crippen molar-refractivity contribution in [1.29, 1.82) is 0 Å². The van der Waals surface area contributed by atoms with Gasteiger partial charge < -0.3 is 19.4 Å². The average molecular weight is 463 g/mol. The summed E-state index contributed by atoms with van der Waals surface area (Å²) in [7, 11) is 2.16. The Morgan fingerprint density at radius 2 is 1.46 bits per heavy atom. The van der Waals surface area contributed by atoms with E-state index in [-0.39, 0.29) is 0 Å². The summed E-state index contributed by atoms with van der Waals surface area (Å²) in [5.41, 5.74) is 4.84. The molecule has 0 aliphatic rings. The molecule has 0 atom stereocenters. The highest BCUT2D eigenvalue weighted by Crippen LogP contribution is 2.26. The molecule has 0 aliphatic heterocycles. The Hall–Kier alpha value is -4.02. The van der Waals surface area contributed by atoms with Gasteiger partial charge in [-0.25, -0.2) is 0 Å². The van der Waals surface area contributed by atoms with Crippen LogP contribution in [-0.2, 0) is 19.6 Å². The third-order valence-electron chi connectivity index (χ3n) is 6.08. The lowest BCUT2D eigenvalue weighted by molar-refractivity contribution is 0.306. The van der Waals surface area contributed by atoms with Gasteiger partial charge in [0.05, 0.1) is 0 Å². The lowest BCUT2D eigenvalue weighted by Crippen LogP contribution is -2.20. The summed E-state index contributed by atoms with van der Waals surface area (Å²) in [5.74, 6) is 2.61. The highest BCUT2D eigenvalue weighted by Gasteiger charge is 2.09. The maximum absolute atomic E-state index is 6.05. The second-order valence-electron chi connectivity index (χ2n) is 8.85. The molecule has 0 unspecified atom stereocenters. The van der Waals surface area contributed by atoms with E-state index in [1.807, 2.05) is 60.7 Å². The van der Waals surface area contributed by atoms with Gasteiger partial charge in [0.2, 0.25) is 0 Å². The molecule has 1 N–H and O–H groups in total. The van der Waals surface area contributed by atoms with Gasteiger partial charge in [0, 0.05) is 30.2 Å². The normalized spacial score (nSPS) is 11.1. The zero-order valence-electron chi connectivity index (χ0n) is 20.0. The van der Waals surface area contributed by atoms with Crippen molar-refractivity contribution >= 4 is 10.9 Å². The number of ether oxygens (including phenoxy) is 2. The van der Waals surface area contributed by atoms with Crippen molar-refractivity contribution in [2.24, 2.45) is 0 Å². The Bertz CT molecular complexity index is 1360. The number of aromatic nitrogens is 1. The van der Waals surface area contributed by atoms with Crippen LogP contribution in [-0.4, -0.2) is 23.5 Å². The fourth-order valence-electron chi connectivity index (χ4n) is 4.23. The number of aromatic amines is 1. The van der Waals surface area contributed by atoms with Crippen LogP contribution >= 0.6 is 0 Å². The molecule has 5 rings (SSSR count). The standard InChI is InChI=1S/C31H30N2O2/c1-33(22-25-11-8-14-29(19-25)35-27-12-6-3-7-13-27)18-17-26-21-32-31-16-15-28(20-30(26)31)34-23-24-9-4-2-5-10-24/h2-16,19-21,32H,17-18,22-23H2,1H3. The third kappa shape index (κ3) is 6.11. The number of likely N-dealkylation sites (N-methyl/N-ethyl adjacent to an activating group) is 1. The summed E-state index contributed by atoms with van der Waals surface area (Å²) in [6.45, 7) is 2.38. The number of nitrogens with zero attached hydrogens (tertiary/aromatic N) is 1. The number of hydrogen-bond acceptors (Lipinski definition) is 3. The van der Waals surface area contributed by atoms with Crippen LogP contribution in [0.4, 0.5) is 0 Å². The molecule has 0 saturated heterocycles. The minimum absolute atomic E-state index is 0.571. The molecule has 0 aliphatic carbocycles. The number of nitrogens with one attached hydrogen (secondary N) is 1. The van der Waals surface area contributed by atoms with E-state index in [9.17, 15) is 0 Å². The van der Waals surface area contributed by atoms with Gasteiger partial charge in [-0.15, -0.1) is 0 Å². The fourth-order valence-corrected chi connectivity index (χ4v) is 4.23. The van der Waals surface area contributed by atoms with E-state index < -0.39 is 0 Å². The van der Waals surface area contributed by atoms with Gasteiger partial charge in [-0.3, -0.25) is 0 Å². The van der Waals surface area contributed by atoms with Crippen LogP contribution in [0.25, 0.3) is 10.9 Å². The molecule has 0 saturated carbocycles. The van der Waals surface area contributed by atoms with Crippen molar-refractivity contribution in [3.8, 4) is 17.2 Å². The number of rotatable bonds is 10. The van der Waals surface area contributed by atoms with Crippen LogP contribution in [0.2, 0.25) is 0 Å². The van der Waals surface area contributed by atoms with Crippen molar-refractivity contribution in [3.63, 3.8) is 0 Å². The maximum Gasteiger partial charge on any atom is 0.127 e. The van der Waals surface area contributed by atoms with E-state index in [1.165, 1.54) is 22.1 Å². The van der Waals surface area contributed by atoms with E-state index in [0.717, 1.165) is 42.3 Å². The lowest BCUT2D eigenvalue weighted by atomic mass is 10.1. The topological polar surface area (TPSA) is 37.5 Å². The van der Waals surface area contributed by atoms with Gasteiger partial charge in [-0.1, -0.05) is 60.7 Å². The number of benzene rings is 4. The van der Waals surface area contributed by atoms with Crippen LogP contribution in [0.5, 0.6) is 17.2 Å². The van der Waals surface area contributed by atoms with Crippen LogP contribution in [0.1, 0.15) is 16.7 Å². The lowest BCUT2D eigenvalue weighted by Gasteiger charge is -2.17. The van der Waals surface area contributed by atoms with E-state index in [0.29, 0.717) is 6.61 Å². The molecule has 4 aromatic carbocycles. The molecule has 4 heteroatoms. The first-order valence-corrected chi connectivity index (χ1v) is 12.0. The Balaban J connectivity index is 1.19. The quantitative estimate of drug-likeness (QED) is 0.238. The van der Waals surface area contributed by atoms with E-state index in [4.69, 9.17) is 9.47 Å². The third-order valence-corrected chi connectivity index (χ3v) is 6.08. The number of para-hydroxylation sites is 1.